The minimum Gasteiger partial charge on any atom is -0.507 e. The minimum atomic E-state index is -4.71. The first-order valence-corrected chi connectivity index (χ1v) is 7.57. The van der Waals surface area contributed by atoms with Gasteiger partial charge in [0.25, 0.3) is 10.0 Å². The number of hydrogen-bond acceptors (Lipinski definition) is 3. The topological polar surface area (TPSA) is 66.4 Å². The Kier molecular flexibility index (Phi) is 4.06. The van der Waals surface area contributed by atoms with E-state index in [1.54, 1.807) is 19.1 Å². The molecule has 0 heterocycles. The zero-order valence-electron chi connectivity index (χ0n) is 11.3. The lowest BCUT2D eigenvalue weighted by molar-refractivity contribution is -0.138. The molecule has 2 N–H and O–H groups in total. The smallest absolute Gasteiger partial charge is 0.419 e. The highest BCUT2D eigenvalue weighted by Crippen LogP contribution is 2.37. The molecule has 0 aliphatic heterocycles. The number of hydrogen-bond donors (Lipinski definition) is 2. The Hall–Kier alpha value is -2.22. The summed E-state index contributed by atoms with van der Waals surface area (Å²) in [7, 11) is -3.94. The van der Waals surface area contributed by atoms with Crippen LogP contribution in [0.5, 0.6) is 5.75 Å². The summed E-state index contributed by atoms with van der Waals surface area (Å²) in [6, 6.07) is 8.32. The molecule has 2 aromatic rings. The van der Waals surface area contributed by atoms with Crippen LogP contribution in [0.1, 0.15) is 11.1 Å². The Morgan fingerprint density at radius 3 is 2.32 bits per heavy atom. The third-order valence-electron chi connectivity index (χ3n) is 2.86. The predicted molar refractivity (Wildman–Crippen MR) is 75.1 cm³/mol. The standard InChI is InChI=1S/C14H12F3NO3S/c1-9-3-2-4-11(7-9)22(20,21)18-10-5-6-12(13(19)8-10)14(15,16)17/h2-8,18-19H,1H3. The zero-order valence-corrected chi connectivity index (χ0v) is 12.2. The van der Waals surface area contributed by atoms with Gasteiger partial charge in [-0.25, -0.2) is 8.42 Å². The Morgan fingerprint density at radius 1 is 1.09 bits per heavy atom. The van der Waals surface area contributed by atoms with Crippen molar-refractivity contribution in [1.82, 2.24) is 0 Å². The van der Waals surface area contributed by atoms with Crippen molar-refractivity contribution in [2.24, 2.45) is 0 Å². The summed E-state index contributed by atoms with van der Waals surface area (Å²) in [5.41, 5.74) is -0.670. The van der Waals surface area contributed by atoms with Crippen LogP contribution >= 0.6 is 0 Å². The zero-order chi connectivity index (χ0) is 16.5. The molecule has 0 saturated carbocycles. The molecule has 22 heavy (non-hydrogen) atoms. The predicted octanol–water partition coefficient (Wildman–Crippen LogP) is 3.52. The van der Waals surface area contributed by atoms with E-state index >= 15 is 0 Å². The molecule has 0 unspecified atom stereocenters. The highest BCUT2D eigenvalue weighted by atomic mass is 32.2. The number of halogens is 3. The quantitative estimate of drug-likeness (QED) is 0.904. The highest BCUT2D eigenvalue weighted by molar-refractivity contribution is 7.92. The van der Waals surface area contributed by atoms with E-state index in [-0.39, 0.29) is 10.6 Å². The Balaban J connectivity index is 2.33. The van der Waals surface area contributed by atoms with Crippen LogP contribution in [0.15, 0.2) is 47.4 Å². The molecule has 0 saturated heterocycles. The number of sulfonamides is 1. The summed E-state index contributed by atoms with van der Waals surface area (Å²) in [6.45, 7) is 1.71. The van der Waals surface area contributed by atoms with Crippen molar-refractivity contribution in [3.63, 3.8) is 0 Å². The molecule has 2 aromatic carbocycles. The van der Waals surface area contributed by atoms with Gasteiger partial charge in [0.1, 0.15) is 5.75 Å². The highest BCUT2D eigenvalue weighted by Gasteiger charge is 2.33. The lowest BCUT2D eigenvalue weighted by Crippen LogP contribution is -2.13. The number of aryl methyl sites for hydroxylation is 1. The summed E-state index contributed by atoms with van der Waals surface area (Å²) >= 11 is 0. The van der Waals surface area contributed by atoms with Gasteiger partial charge in [-0.3, -0.25) is 4.72 Å². The molecule has 0 radical (unpaired) electrons. The molecule has 0 atom stereocenters. The molecule has 4 nitrogen and oxygen atoms in total. The van der Waals surface area contributed by atoms with Crippen LogP contribution in [-0.2, 0) is 16.2 Å². The van der Waals surface area contributed by atoms with E-state index in [0.717, 1.165) is 17.7 Å². The van der Waals surface area contributed by atoms with Gasteiger partial charge in [-0.15, -0.1) is 0 Å². The van der Waals surface area contributed by atoms with Crippen molar-refractivity contribution >= 4 is 15.7 Å². The molecule has 118 valence electrons. The van der Waals surface area contributed by atoms with E-state index in [9.17, 15) is 26.7 Å². The van der Waals surface area contributed by atoms with Crippen molar-refractivity contribution in [1.29, 1.82) is 0 Å². The van der Waals surface area contributed by atoms with Gasteiger partial charge in [0.15, 0.2) is 0 Å². The number of benzene rings is 2. The van der Waals surface area contributed by atoms with Crippen LogP contribution in [0.3, 0.4) is 0 Å². The molecule has 0 bridgehead atoms. The van der Waals surface area contributed by atoms with Gasteiger partial charge in [0.05, 0.1) is 16.1 Å². The maximum absolute atomic E-state index is 12.5. The monoisotopic (exact) mass is 331 g/mol. The summed E-state index contributed by atoms with van der Waals surface area (Å²) in [4.78, 5) is -0.0214. The SMILES string of the molecule is Cc1cccc(S(=O)(=O)Nc2ccc(C(F)(F)F)c(O)c2)c1. The minimum absolute atomic E-state index is 0.0214. The fourth-order valence-corrected chi connectivity index (χ4v) is 2.99. The molecule has 2 rings (SSSR count). The third-order valence-corrected chi connectivity index (χ3v) is 4.23. The van der Waals surface area contributed by atoms with Gasteiger partial charge in [-0.05, 0) is 36.8 Å². The lowest BCUT2D eigenvalue weighted by Gasteiger charge is -2.12. The number of aromatic hydroxyl groups is 1. The number of phenolic OH excluding ortho intramolecular Hbond substituents is 1. The van der Waals surface area contributed by atoms with Crippen molar-refractivity contribution in [2.45, 2.75) is 18.0 Å². The maximum Gasteiger partial charge on any atom is 0.419 e. The fraction of sp³-hybridized carbons (Fsp3) is 0.143. The average molecular weight is 331 g/mol. The van der Waals surface area contributed by atoms with Crippen LogP contribution in [0.25, 0.3) is 0 Å². The number of alkyl halides is 3. The molecule has 0 aromatic heterocycles. The normalized spacial score (nSPS) is 12.2. The summed E-state index contributed by atoms with van der Waals surface area (Å²) in [5.74, 6) is -1.04. The number of nitrogens with one attached hydrogen (secondary N) is 1. The second-order valence-electron chi connectivity index (χ2n) is 4.65. The van der Waals surface area contributed by atoms with Crippen molar-refractivity contribution in [3.8, 4) is 5.75 Å². The first-order chi connectivity index (χ1) is 10.1. The molecule has 0 amide bonds. The molecule has 0 aliphatic carbocycles. The van der Waals surface area contributed by atoms with Gasteiger partial charge in [0.2, 0.25) is 0 Å². The first-order valence-electron chi connectivity index (χ1n) is 6.09. The van der Waals surface area contributed by atoms with Gasteiger partial charge in [-0.2, -0.15) is 13.2 Å². The Bertz CT molecular complexity index is 801. The summed E-state index contributed by atoms with van der Waals surface area (Å²) < 4.78 is 64.0. The lowest BCUT2D eigenvalue weighted by atomic mass is 10.2. The molecule has 0 spiro atoms. The molecule has 8 heteroatoms. The van der Waals surface area contributed by atoms with E-state index < -0.39 is 27.5 Å². The van der Waals surface area contributed by atoms with Crippen LogP contribution in [0, 0.1) is 6.92 Å². The van der Waals surface area contributed by atoms with E-state index in [2.05, 4.69) is 4.72 Å². The third kappa shape index (κ3) is 3.51. The summed E-state index contributed by atoms with van der Waals surface area (Å²) in [5, 5.41) is 9.38. The van der Waals surface area contributed by atoms with E-state index in [1.165, 1.54) is 12.1 Å². The van der Waals surface area contributed by atoms with Crippen LogP contribution in [0.4, 0.5) is 18.9 Å². The largest absolute Gasteiger partial charge is 0.507 e. The first kappa shape index (κ1) is 16.2. The number of phenols is 1. The van der Waals surface area contributed by atoms with Crippen LogP contribution in [-0.4, -0.2) is 13.5 Å². The summed E-state index contributed by atoms with van der Waals surface area (Å²) in [6.07, 6.45) is -4.71. The maximum atomic E-state index is 12.5. The molecule has 0 aliphatic rings. The van der Waals surface area contributed by atoms with E-state index in [0.29, 0.717) is 6.07 Å². The van der Waals surface area contributed by atoms with Crippen molar-refractivity contribution < 1.29 is 26.7 Å². The van der Waals surface area contributed by atoms with Crippen LogP contribution in [0.2, 0.25) is 0 Å². The van der Waals surface area contributed by atoms with Gasteiger partial charge < -0.3 is 5.11 Å². The van der Waals surface area contributed by atoms with E-state index in [4.69, 9.17) is 0 Å². The van der Waals surface area contributed by atoms with E-state index in [1.807, 2.05) is 0 Å². The van der Waals surface area contributed by atoms with Gasteiger partial charge in [-0.1, -0.05) is 12.1 Å². The van der Waals surface area contributed by atoms with Gasteiger partial charge >= 0.3 is 6.18 Å². The molecular weight excluding hydrogens is 319 g/mol. The Labute approximate surface area is 125 Å². The number of anilines is 1. The fourth-order valence-electron chi connectivity index (χ4n) is 1.83. The molecule has 0 fully saturated rings. The second kappa shape index (κ2) is 5.53. The van der Waals surface area contributed by atoms with Gasteiger partial charge in [0, 0.05) is 6.07 Å². The molecular formula is C14H12F3NO3S. The average Bonchev–Trinajstić information content (AvgIpc) is 2.36. The van der Waals surface area contributed by atoms with Crippen LogP contribution < -0.4 is 4.72 Å². The van der Waals surface area contributed by atoms with Crippen molar-refractivity contribution in [2.75, 3.05) is 4.72 Å². The second-order valence-corrected chi connectivity index (χ2v) is 6.33. The number of rotatable bonds is 3. The Morgan fingerprint density at radius 2 is 1.77 bits per heavy atom. The van der Waals surface area contributed by atoms with Crippen molar-refractivity contribution in [3.05, 3.63) is 53.6 Å².